The van der Waals surface area contributed by atoms with Crippen molar-refractivity contribution in [1.82, 2.24) is 0 Å². The van der Waals surface area contributed by atoms with Crippen LogP contribution in [-0.2, 0) is 19.3 Å². The van der Waals surface area contributed by atoms with E-state index in [9.17, 15) is 0 Å². The van der Waals surface area contributed by atoms with E-state index in [1.54, 1.807) is 0 Å². The second kappa shape index (κ2) is 5.24. The normalized spacial score (nSPS) is 10.8. The van der Waals surface area contributed by atoms with Gasteiger partial charge >= 0.3 is 0 Å². The van der Waals surface area contributed by atoms with Gasteiger partial charge in [-0.2, -0.15) is 0 Å². The molecule has 0 saturated heterocycles. The molecule has 0 atom stereocenters. The summed E-state index contributed by atoms with van der Waals surface area (Å²) in [6.45, 7) is 8.56. The van der Waals surface area contributed by atoms with E-state index in [4.69, 9.17) is 11.5 Å². The molecule has 0 amide bonds. The largest absolute Gasteiger partial charge is 0.398 e. The van der Waals surface area contributed by atoms with Crippen LogP contribution in [0, 0.1) is 6.92 Å². The van der Waals surface area contributed by atoms with E-state index in [1.165, 1.54) is 16.7 Å². The van der Waals surface area contributed by atoms with Gasteiger partial charge in [0.15, 0.2) is 0 Å². The monoisotopic (exact) mass is 220 g/mol. The number of rotatable bonds is 4. The maximum Gasteiger partial charge on any atom is 0.0399 e. The molecule has 0 saturated carbocycles. The van der Waals surface area contributed by atoms with Crippen molar-refractivity contribution >= 4 is 11.4 Å². The topological polar surface area (TPSA) is 52.0 Å². The Hall–Kier alpha value is -1.18. The van der Waals surface area contributed by atoms with Crippen molar-refractivity contribution in [2.75, 3.05) is 11.5 Å². The molecule has 1 rings (SSSR count). The van der Waals surface area contributed by atoms with Crippen LogP contribution in [0.15, 0.2) is 0 Å². The number of hydrogen-bond acceptors (Lipinski definition) is 2. The van der Waals surface area contributed by atoms with E-state index < -0.39 is 0 Å². The van der Waals surface area contributed by atoms with Crippen molar-refractivity contribution in [3.05, 3.63) is 22.3 Å². The van der Waals surface area contributed by atoms with Gasteiger partial charge in [-0.25, -0.2) is 0 Å². The summed E-state index contributed by atoms with van der Waals surface area (Å²) in [6.07, 6.45) is 4.22. The average molecular weight is 220 g/mol. The SMILES string of the molecule is CCCc1c(CC)c(N)c(C)c(N)c1CC. The van der Waals surface area contributed by atoms with Crippen molar-refractivity contribution in [2.45, 2.75) is 53.4 Å². The van der Waals surface area contributed by atoms with Gasteiger partial charge in [0, 0.05) is 11.4 Å². The summed E-state index contributed by atoms with van der Waals surface area (Å²) in [5.74, 6) is 0. The standard InChI is InChI=1S/C14H24N2/c1-5-8-12-10(6-2)13(15)9(4)14(16)11(12)7-3/h5-8,15-16H2,1-4H3. The lowest BCUT2D eigenvalue weighted by Crippen LogP contribution is -2.10. The summed E-state index contributed by atoms with van der Waals surface area (Å²) >= 11 is 0. The Labute approximate surface area is 99.0 Å². The van der Waals surface area contributed by atoms with E-state index in [-0.39, 0.29) is 0 Å². The maximum absolute atomic E-state index is 6.17. The van der Waals surface area contributed by atoms with Gasteiger partial charge in [-0.05, 0) is 48.4 Å². The first-order chi connectivity index (χ1) is 7.58. The highest BCUT2D eigenvalue weighted by Gasteiger charge is 2.15. The predicted molar refractivity (Wildman–Crippen MR) is 72.8 cm³/mol. The fourth-order valence-corrected chi connectivity index (χ4v) is 2.46. The molecule has 0 aliphatic heterocycles. The number of hydrogen-bond donors (Lipinski definition) is 2. The van der Waals surface area contributed by atoms with Crippen LogP contribution in [-0.4, -0.2) is 0 Å². The van der Waals surface area contributed by atoms with E-state index in [2.05, 4.69) is 20.8 Å². The zero-order valence-corrected chi connectivity index (χ0v) is 11.0. The molecule has 0 bridgehead atoms. The Morgan fingerprint density at radius 3 is 1.56 bits per heavy atom. The number of nitrogens with two attached hydrogens (primary N) is 2. The molecule has 0 radical (unpaired) electrons. The van der Waals surface area contributed by atoms with Gasteiger partial charge in [-0.3, -0.25) is 0 Å². The highest BCUT2D eigenvalue weighted by Crippen LogP contribution is 2.33. The van der Waals surface area contributed by atoms with Gasteiger partial charge < -0.3 is 11.5 Å². The van der Waals surface area contributed by atoms with Crippen molar-refractivity contribution in [3.8, 4) is 0 Å². The Morgan fingerprint density at radius 1 is 0.812 bits per heavy atom. The smallest absolute Gasteiger partial charge is 0.0399 e. The minimum Gasteiger partial charge on any atom is -0.398 e. The van der Waals surface area contributed by atoms with Gasteiger partial charge in [0.2, 0.25) is 0 Å². The fourth-order valence-electron chi connectivity index (χ4n) is 2.46. The number of nitrogen functional groups attached to an aromatic ring is 2. The Balaban J connectivity index is 3.52. The van der Waals surface area contributed by atoms with Crippen molar-refractivity contribution in [3.63, 3.8) is 0 Å². The Kier molecular flexibility index (Phi) is 4.22. The minimum atomic E-state index is 0.903. The van der Waals surface area contributed by atoms with Crippen LogP contribution in [0.1, 0.15) is 49.4 Å². The molecular weight excluding hydrogens is 196 g/mol. The molecule has 90 valence electrons. The van der Waals surface area contributed by atoms with Crippen LogP contribution < -0.4 is 11.5 Å². The lowest BCUT2D eigenvalue weighted by molar-refractivity contribution is 0.877. The number of anilines is 2. The molecule has 2 heteroatoms. The molecule has 0 spiro atoms. The third-order valence-electron chi connectivity index (χ3n) is 3.39. The zero-order chi connectivity index (χ0) is 12.3. The summed E-state index contributed by atoms with van der Waals surface area (Å²) in [7, 11) is 0. The zero-order valence-electron chi connectivity index (χ0n) is 11.0. The van der Waals surface area contributed by atoms with Crippen molar-refractivity contribution in [1.29, 1.82) is 0 Å². The van der Waals surface area contributed by atoms with E-state index in [0.717, 1.165) is 42.6 Å². The highest BCUT2D eigenvalue weighted by molar-refractivity contribution is 5.71. The highest BCUT2D eigenvalue weighted by atomic mass is 14.6. The molecule has 0 unspecified atom stereocenters. The molecule has 1 aromatic carbocycles. The third-order valence-corrected chi connectivity index (χ3v) is 3.39. The van der Waals surface area contributed by atoms with Gasteiger partial charge in [-0.15, -0.1) is 0 Å². The molecule has 4 N–H and O–H groups in total. The lowest BCUT2D eigenvalue weighted by atomic mass is 9.89. The second-order valence-electron chi connectivity index (χ2n) is 4.35. The Morgan fingerprint density at radius 2 is 1.25 bits per heavy atom. The van der Waals surface area contributed by atoms with Crippen LogP contribution in [0.4, 0.5) is 11.4 Å². The maximum atomic E-state index is 6.17. The first kappa shape index (κ1) is 12.9. The van der Waals surface area contributed by atoms with Crippen molar-refractivity contribution < 1.29 is 0 Å². The van der Waals surface area contributed by atoms with Gasteiger partial charge in [0.1, 0.15) is 0 Å². The van der Waals surface area contributed by atoms with Crippen LogP contribution in [0.3, 0.4) is 0 Å². The quantitative estimate of drug-likeness (QED) is 0.765. The summed E-state index contributed by atoms with van der Waals surface area (Å²) in [5, 5.41) is 0. The minimum absolute atomic E-state index is 0.903. The molecule has 0 fully saturated rings. The molecule has 1 aromatic rings. The molecule has 0 aliphatic carbocycles. The van der Waals surface area contributed by atoms with E-state index >= 15 is 0 Å². The molecule has 0 aliphatic rings. The molecule has 0 aromatic heterocycles. The second-order valence-corrected chi connectivity index (χ2v) is 4.35. The van der Waals surface area contributed by atoms with Crippen LogP contribution in [0.25, 0.3) is 0 Å². The summed E-state index contributed by atoms with van der Waals surface area (Å²) in [6, 6.07) is 0. The Bertz CT molecular complexity index is 350. The van der Waals surface area contributed by atoms with Crippen LogP contribution >= 0.6 is 0 Å². The summed E-state index contributed by atoms with van der Waals surface area (Å²) in [5.41, 5.74) is 19.2. The van der Waals surface area contributed by atoms with Gasteiger partial charge in [0.05, 0.1) is 0 Å². The van der Waals surface area contributed by atoms with Crippen LogP contribution in [0.5, 0.6) is 0 Å². The van der Waals surface area contributed by atoms with Crippen molar-refractivity contribution in [2.24, 2.45) is 0 Å². The van der Waals surface area contributed by atoms with Gasteiger partial charge in [0.25, 0.3) is 0 Å². The average Bonchev–Trinajstić information content (AvgIpc) is 2.28. The van der Waals surface area contributed by atoms with E-state index in [1.807, 2.05) is 6.92 Å². The molecule has 16 heavy (non-hydrogen) atoms. The van der Waals surface area contributed by atoms with Crippen LogP contribution in [0.2, 0.25) is 0 Å². The van der Waals surface area contributed by atoms with E-state index in [0.29, 0.717) is 0 Å². The summed E-state index contributed by atoms with van der Waals surface area (Å²) in [4.78, 5) is 0. The lowest BCUT2D eigenvalue weighted by Gasteiger charge is -2.20. The predicted octanol–water partition coefficient (Wildman–Crippen LogP) is 3.24. The summed E-state index contributed by atoms with van der Waals surface area (Å²) < 4.78 is 0. The fraction of sp³-hybridized carbons (Fsp3) is 0.571. The first-order valence-corrected chi connectivity index (χ1v) is 6.26. The third kappa shape index (κ3) is 2.01. The van der Waals surface area contributed by atoms with Gasteiger partial charge in [-0.1, -0.05) is 27.2 Å². The molecular formula is C14H24N2. The molecule has 0 heterocycles. The first-order valence-electron chi connectivity index (χ1n) is 6.26. The molecule has 2 nitrogen and oxygen atoms in total. The number of benzene rings is 1.